The van der Waals surface area contributed by atoms with E-state index in [2.05, 4.69) is 29.4 Å². The molecular formula is C12H17N3O2S. The maximum Gasteiger partial charge on any atom is 0.206 e. The second-order valence-corrected chi connectivity index (χ2v) is 5.54. The van der Waals surface area contributed by atoms with Crippen molar-refractivity contribution in [1.29, 1.82) is 0 Å². The largest absolute Gasteiger partial charge is 0.462 e. The number of anilines is 1. The molecule has 0 aliphatic rings. The maximum atomic E-state index is 8.89. The monoisotopic (exact) mass is 267 g/mol. The summed E-state index contributed by atoms with van der Waals surface area (Å²) in [5, 5.41) is 22.1. The Morgan fingerprint density at radius 3 is 2.78 bits per heavy atom. The lowest BCUT2D eigenvalue weighted by Crippen LogP contribution is -1.97. The molecule has 5 nitrogen and oxygen atoms in total. The van der Waals surface area contributed by atoms with Gasteiger partial charge in [0.05, 0.1) is 6.54 Å². The zero-order chi connectivity index (χ0) is 13.0. The molecule has 0 spiro atoms. The van der Waals surface area contributed by atoms with Crippen molar-refractivity contribution in [3.63, 3.8) is 0 Å². The van der Waals surface area contributed by atoms with Gasteiger partial charge < -0.3 is 14.8 Å². The molecule has 0 atom stereocenters. The highest BCUT2D eigenvalue weighted by Gasteiger charge is 2.07. The summed E-state index contributed by atoms with van der Waals surface area (Å²) in [6.07, 6.45) is 0.953. The minimum absolute atomic E-state index is 0.0721. The standard InChI is InChI=1S/C12H17N3O2S/c1-8(2)5-11-14-15-12(18-11)13-6-9-3-4-10(7-16)17-9/h3-4,8,16H,5-7H2,1-2H3,(H,13,15). The minimum Gasteiger partial charge on any atom is -0.462 e. The second-order valence-electron chi connectivity index (χ2n) is 4.48. The lowest BCUT2D eigenvalue weighted by molar-refractivity contribution is 0.244. The van der Waals surface area contributed by atoms with Crippen LogP contribution in [0.5, 0.6) is 0 Å². The van der Waals surface area contributed by atoms with Crippen LogP contribution in [0.15, 0.2) is 16.5 Å². The van der Waals surface area contributed by atoms with E-state index in [-0.39, 0.29) is 6.61 Å². The zero-order valence-corrected chi connectivity index (χ0v) is 11.3. The van der Waals surface area contributed by atoms with E-state index in [9.17, 15) is 0 Å². The first-order chi connectivity index (χ1) is 8.67. The lowest BCUT2D eigenvalue weighted by atomic mass is 10.1. The van der Waals surface area contributed by atoms with E-state index in [1.165, 1.54) is 0 Å². The SMILES string of the molecule is CC(C)Cc1nnc(NCc2ccc(CO)o2)s1. The quantitative estimate of drug-likeness (QED) is 0.841. The van der Waals surface area contributed by atoms with E-state index in [1.54, 1.807) is 17.4 Å². The third-order valence-corrected chi connectivity index (χ3v) is 3.24. The van der Waals surface area contributed by atoms with Gasteiger partial charge in [-0.1, -0.05) is 25.2 Å². The van der Waals surface area contributed by atoms with Crippen molar-refractivity contribution >= 4 is 16.5 Å². The topological polar surface area (TPSA) is 71.2 Å². The molecule has 2 rings (SSSR count). The molecule has 2 N–H and O–H groups in total. The summed E-state index contributed by atoms with van der Waals surface area (Å²) in [6.45, 7) is 4.80. The Balaban J connectivity index is 1.87. The average molecular weight is 267 g/mol. The third-order valence-electron chi connectivity index (χ3n) is 2.34. The molecule has 2 heterocycles. The molecule has 0 aromatic carbocycles. The molecule has 0 amide bonds. The normalized spacial score (nSPS) is 11.1. The Bertz CT molecular complexity index is 493. The summed E-state index contributed by atoms with van der Waals surface area (Å²) in [4.78, 5) is 0. The number of hydrogen-bond acceptors (Lipinski definition) is 6. The van der Waals surface area contributed by atoms with Crippen LogP contribution in [0.25, 0.3) is 0 Å². The van der Waals surface area contributed by atoms with E-state index in [0.717, 1.165) is 22.3 Å². The van der Waals surface area contributed by atoms with Gasteiger partial charge in [-0.2, -0.15) is 0 Å². The molecule has 0 aliphatic heterocycles. The van der Waals surface area contributed by atoms with Gasteiger partial charge in [0, 0.05) is 6.42 Å². The Hall–Kier alpha value is -1.40. The van der Waals surface area contributed by atoms with Gasteiger partial charge in [0.15, 0.2) is 0 Å². The van der Waals surface area contributed by atoms with E-state index >= 15 is 0 Å². The van der Waals surface area contributed by atoms with Gasteiger partial charge >= 0.3 is 0 Å². The number of nitrogens with one attached hydrogen (secondary N) is 1. The first-order valence-corrected chi connectivity index (χ1v) is 6.73. The van der Waals surface area contributed by atoms with Gasteiger partial charge in [-0.15, -0.1) is 10.2 Å². The van der Waals surface area contributed by atoms with Crippen molar-refractivity contribution in [3.8, 4) is 0 Å². The predicted octanol–water partition coefficient (Wildman–Crippen LogP) is 2.43. The highest BCUT2D eigenvalue weighted by molar-refractivity contribution is 7.15. The van der Waals surface area contributed by atoms with Crippen molar-refractivity contribution in [2.24, 2.45) is 5.92 Å². The van der Waals surface area contributed by atoms with Crippen molar-refractivity contribution < 1.29 is 9.52 Å². The summed E-state index contributed by atoms with van der Waals surface area (Å²) in [6, 6.07) is 3.61. The molecule has 18 heavy (non-hydrogen) atoms. The van der Waals surface area contributed by atoms with Crippen LogP contribution in [-0.2, 0) is 19.6 Å². The molecule has 0 fully saturated rings. The van der Waals surface area contributed by atoms with E-state index in [4.69, 9.17) is 9.52 Å². The molecule has 98 valence electrons. The van der Waals surface area contributed by atoms with Crippen LogP contribution in [-0.4, -0.2) is 15.3 Å². The van der Waals surface area contributed by atoms with Gasteiger partial charge in [0.1, 0.15) is 23.1 Å². The number of aliphatic hydroxyl groups excluding tert-OH is 1. The fraction of sp³-hybridized carbons (Fsp3) is 0.500. The van der Waals surface area contributed by atoms with Crippen LogP contribution in [0.2, 0.25) is 0 Å². The third kappa shape index (κ3) is 3.54. The Morgan fingerprint density at radius 1 is 1.33 bits per heavy atom. The average Bonchev–Trinajstić information content (AvgIpc) is 2.94. The summed E-state index contributed by atoms with van der Waals surface area (Å²) in [7, 11) is 0. The number of aromatic nitrogens is 2. The molecule has 0 saturated carbocycles. The number of hydrogen-bond donors (Lipinski definition) is 2. The molecule has 0 radical (unpaired) electrons. The maximum absolute atomic E-state index is 8.89. The van der Waals surface area contributed by atoms with Crippen LogP contribution in [0, 0.1) is 5.92 Å². The molecule has 2 aromatic rings. The second kappa shape index (κ2) is 5.97. The van der Waals surface area contributed by atoms with Gasteiger partial charge in [-0.05, 0) is 18.1 Å². The molecular weight excluding hydrogens is 250 g/mol. The summed E-state index contributed by atoms with van der Waals surface area (Å²) >= 11 is 1.57. The molecule has 0 unspecified atom stereocenters. The van der Waals surface area contributed by atoms with Gasteiger partial charge in [-0.3, -0.25) is 0 Å². The summed E-state index contributed by atoms with van der Waals surface area (Å²) in [5.74, 6) is 1.94. The van der Waals surface area contributed by atoms with Crippen LogP contribution in [0.3, 0.4) is 0 Å². The van der Waals surface area contributed by atoms with Crippen molar-refractivity contribution in [2.75, 3.05) is 5.32 Å². The van der Waals surface area contributed by atoms with Crippen LogP contribution in [0.1, 0.15) is 30.4 Å². The Kier molecular flexibility index (Phi) is 4.33. The first-order valence-electron chi connectivity index (χ1n) is 5.92. The van der Waals surface area contributed by atoms with E-state index < -0.39 is 0 Å². The van der Waals surface area contributed by atoms with Gasteiger partial charge in [-0.25, -0.2) is 0 Å². The van der Waals surface area contributed by atoms with Crippen LogP contribution < -0.4 is 5.32 Å². The molecule has 0 aliphatic carbocycles. The molecule has 0 bridgehead atoms. The minimum atomic E-state index is -0.0721. The van der Waals surface area contributed by atoms with Crippen LogP contribution >= 0.6 is 11.3 Å². The summed E-state index contributed by atoms with van der Waals surface area (Å²) < 4.78 is 5.37. The Morgan fingerprint density at radius 2 is 2.11 bits per heavy atom. The van der Waals surface area contributed by atoms with E-state index in [0.29, 0.717) is 18.2 Å². The van der Waals surface area contributed by atoms with Gasteiger partial charge in [0.2, 0.25) is 5.13 Å². The highest BCUT2D eigenvalue weighted by atomic mass is 32.1. The number of aliphatic hydroxyl groups is 1. The number of nitrogens with zero attached hydrogens (tertiary/aromatic N) is 2. The number of furan rings is 1. The molecule has 0 saturated heterocycles. The lowest BCUT2D eigenvalue weighted by Gasteiger charge is -1.99. The number of rotatable bonds is 6. The first kappa shape index (κ1) is 13.0. The van der Waals surface area contributed by atoms with E-state index in [1.807, 2.05) is 6.07 Å². The van der Waals surface area contributed by atoms with Gasteiger partial charge in [0.25, 0.3) is 0 Å². The van der Waals surface area contributed by atoms with Crippen LogP contribution in [0.4, 0.5) is 5.13 Å². The van der Waals surface area contributed by atoms with Crippen molar-refractivity contribution in [3.05, 3.63) is 28.7 Å². The van der Waals surface area contributed by atoms with Crippen molar-refractivity contribution in [1.82, 2.24) is 10.2 Å². The van der Waals surface area contributed by atoms with Crippen molar-refractivity contribution in [2.45, 2.75) is 33.4 Å². The predicted molar refractivity (Wildman–Crippen MR) is 70.4 cm³/mol. The Labute approximate surface area is 110 Å². The zero-order valence-electron chi connectivity index (χ0n) is 10.5. The summed E-state index contributed by atoms with van der Waals surface area (Å²) in [5.41, 5.74) is 0. The fourth-order valence-electron chi connectivity index (χ4n) is 1.52. The highest BCUT2D eigenvalue weighted by Crippen LogP contribution is 2.19. The molecule has 2 aromatic heterocycles. The fourth-order valence-corrected chi connectivity index (χ4v) is 2.47. The molecule has 6 heteroatoms. The smallest absolute Gasteiger partial charge is 0.206 e.